The van der Waals surface area contributed by atoms with Crippen LogP contribution in [0.4, 0.5) is 17.3 Å². The molecule has 1 saturated heterocycles. The number of amides is 1. The molecule has 8 heteroatoms. The first kappa shape index (κ1) is 23.6. The molecule has 8 nitrogen and oxygen atoms in total. The molecule has 2 heterocycles. The van der Waals surface area contributed by atoms with Gasteiger partial charge in [-0.3, -0.25) is 14.8 Å². The fraction of sp³-hybridized carbons (Fsp3) is 0.385. The van der Waals surface area contributed by atoms with Gasteiger partial charge in [0.2, 0.25) is 0 Å². The van der Waals surface area contributed by atoms with E-state index in [-0.39, 0.29) is 5.56 Å². The minimum absolute atomic E-state index is 0.284. The lowest BCUT2D eigenvalue weighted by Gasteiger charge is -2.15. The van der Waals surface area contributed by atoms with Gasteiger partial charge >= 0.3 is 0 Å². The summed E-state index contributed by atoms with van der Waals surface area (Å²) in [6.07, 6.45) is 4.04. The van der Waals surface area contributed by atoms with Crippen LogP contribution < -0.4 is 16.4 Å². The van der Waals surface area contributed by atoms with E-state index in [1.54, 1.807) is 0 Å². The summed E-state index contributed by atoms with van der Waals surface area (Å²) < 4.78 is 0. The number of nitrogens with zero attached hydrogens (tertiary/aromatic N) is 2. The van der Waals surface area contributed by atoms with Crippen molar-refractivity contribution in [3.8, 4) is 5.75 Å². The Morgan fingerprint density at radius 1 is 1.09 bits per heavy atom. The van der Waals surface area contributed by atoms with Gasteiger partial charge in [-0.15, -0.1) is 0 Å². The number of hydrogen-bond donors (Lipinski definition) is 5. The molecule has 1 aliphatic heterocycles. The molecular weight excluding hydrogens is 428 g/mol. The number of aromatic nitrogens is 2. The van der Waals surface area contributed by atoms with E-state index in [9.17, 15) is 9.90 Å². The maximum absolute atomic E-state index is 12.2. The van der Waals surface area contributed by atoms with Crippen molar-refractivity contribution in [1.82, 2.24) is 15.1 Å². The Morgan fingerprint density at radius 2 is 1.74 bits per heavy atom. The van der Waals surface area contributed by atoms with Gasteiger partial charge in [0.05, 0.1) is 0 Å². The van der Waals surface area contributed by atoms with Gasteiger partial charge in [0.15, 0.2) is 5.82 Å². The predicted molar refractivity (Wildman–Crippen MR) is 136 cm³/mol. The number of phenolic OH excluding ortho intramolecular Hbond substituents is 1. The number of primary amides is 1. The second-order valence-electron chi connectivity index (χ2n) is 8.81. The van der Waals surface area contributed by atoms with Gasteiger partial charge in [-0.25, -0.2) is 0 Å². The van der Waals surface area contributed by atoms with E-state index >= 15 is 0 Å². The number of anilines is 3. The maximum Gasteiger partial charge on any atom is 0.256 e. The Balaban J connectivity index is 1.46. The molecule has 0 spiro atoms. The summed E-state index contributed by atoms with van der Waals surface area (Å²) in [4.78, 5) is 14.7. The van der Waals surface area contributed by atoms with Crippen LogP contribution in [0.25, 0.3) is 0 Å². The second kappa shape index (κ2) is 10.6. The van der Waals surface area contributed by atoms with Crippen LogP contribution in [0.2, 0.25) is 0 Å². The van der Waals surface area contributed by atoms with E-state index in [4.69, 9.17) is 5.73 Å². The fourth-order valence-electron chi connectivity index (χ4n) is 4.50. The van der Waals surface area contributed by atoms with Gasteiger partial charge in [-0.05, 0) is 73.2 Å². The minimum Gasteiger partial charge on any atom is -0.507 e. The molecule has 0 atom stereocenters. The third kappa shape index (κ3) is 5.34. The molecule has 6 N–H and O–H groups in total. The summed E-state index contributed by atoms with van der Waals surface area (Å²) in [6.45, 7) is 7.77. The van der Waals surface area contributed by atoms with Gasteiger partial charge in [0.1, 0.15) is 17.1 Å². The third-order valence-corrected chi connectivity index (χ3v) is 6.39. The Hall–Kier alpha value is -3.52. The molecular formula is C26H34N6O2. The van der Waals surface area contributed by atoms with Crippen LogP contribution in [0.3, 0.4) is 0 Å². The third-order valence-electron chi connectivity index (χ3n) is 6.39. The van der Waals surface area contributed by atoms with Crippen molar-refractivity contribution >= 4 is 23.2 Å². The quantitative estimate of drug-likeness (QED) is 0.307. The van der Waals surface area contributed by atoms with E-state index in [1.807, 2.05) is 38.1 Å². The summed E-state index contributed by atoms with van der Waals surface area (Å²) in [5.74, 6) is 0.643. The summed E-state index contributed by atoms with van der Waals surface area (Å²) in [5, 5.41) is 24.0. The number of hydrogen-bond acceptors (Lipinski definition) is 6. The molecule has 34 heavy (non-hydrogen) atoms. The first-order chi connectivity index (χ1) is 16.5. The van der Waals surface area contributed by atoms with E-state index in [0.29, 0.717) is 23.9 Å². The number of H-pyrrole nitrogens is 1. The normalized spacial score (nSPS) is 13.8. The first-order valence-corrected chi connectivity index (χ1v) is 12.0. The summed E-state index contributed by atoms with van der Waals surface area (Å²) in [7, 11) is 0. The Labute approximate surface area is 200 Å². The van der Waals surface area contributed by atoms with Crippen LogP contribution >= 0.6 is 0 Å². The number of carbonyl (C=O) groups is 1. The number of benzene rings is 2. The second-order valence-corrected chi connectivity index (χ2v) is 8.81. The molecule has 0 aliphatic carbocycles. The number of carbonyl (C=O) groups excluding carboxylic acids is 1. The molecule has 180 valence electrons. The molecule has 0 bridgehead atoms. The van der Waals surface area contributed by atoms with Crippen molar-refractivity contribution in [2.75, 3.05) is 23.7 Å². The zero-order chi connectivity index (χ0) is 24.1. The highest BCUT2D eigenvalue weighted by Gasteiger charge is 2.19. The zero-order valence-electron chi connectivity index (χ0n) is 19.9. The molecule has 1 amide bonds. The lowest BCUT2D eigenvalue weighted by molar-refractivity contribution is 0.100. The highest BCUT2D eigenvalue weighted by molar-refractivity contribution is 6.03. The Morgan fingerprint density at radius 3 is 2.32 bits per heavy atom. The SMILES string of the molecule is CCc1cc(CNc2n[nH]c(Nc3ccc(CN4CCCC4)cc3)c2C(N)=O)cc(CC)c1O. The minimum atomic E-state index is -0.571. The molecule has 3 aromatic rings. The van der Waals surface area contributed by atoms with Crippen molar-refractivity contribution in [2.24, 2.45) is 5.73 Å². The lowest BCUT2D eigenvalue weighted by atomic mass is 10.0. The molecule has 0 radical (unpaired) electrons. The summed E-state index contributed by atoms with van der Waals surface area (Å²) in [5.41, 5.74) is 10.9. The summed E-state index contributed by atoms with van der Waals surface area (Å²) >= 11 is 0. The highest BCUT2D eigenvalue weighted by Crippen LogP contribution is 2.28. The van der Waals surface area contributed by atoms with Crippen molar-refractivity contribution in [3.05, 3.63) is 64.2 Å². The van der Waals surface area contributed by atoms with Gasteiger partial charge in [0, 0.05) is 18.8 Å². The molecule has 4 rings (SSSR count). The molecule has 2 aromatic carbocycles. The zero-order valence-corrected chi connectivity index (χ0v) is 19.9. The molecule has 1 fully saturated rings. The van der Waals surface area contributed by atoms with Gasteiger partial charge in [0.25, 0.3) is 5.91 Å². The average Bonchev–Trinajstić information content (AvgIpc) is 3.49. The monoisotopic (exact) mass is 462 g/mol. The van der Waals surface area contributed by atoms with Crippen molar-refractivity contribution < 1.29 is 9.90 Å². The van der Waals surface area contributed by atoms with E-state index in [0.717, 1.165) is 54.9 Å². The Kier molecular flexibility index (Phi) is 7.37. The van der Waals surface area contributed by atoms with Gasteiger partial charge in [-0.1, -0.05) is 38.1 Å². The van der Waals surface area contributed by atoms with Crippen LogP contribution in [0, 0.1) is 0 Å². The van der Waals surface area contributed by atoms with E-state index in [1.165, 1.54) is 18.4 Å². The number of aromatic amines is 1. The average molecular weight is 463 g/mol. The Bertz CT molecular complexity index is 1110. The lowest BCUT2D eigenvalue weighted by Crippen LogP contribution is -2.18. The fourth-order valence-corrected chi connectivity index (χ4v) is 4.50. The highest BCUT2D eigenvalue weighted by atomic mass is 16.3. The topological polar surface area (TPSA) is 119 Å². The number of phenols is 1. The molecule has 0 unspecified atom stereocenters. The number of aromatic hydroxyl groups is 1. The molecule has 1 aromatic heterocycles. The largest absolute Gasteiger partial charge is 0.507 e. The first-order valence-electron chi connectivity index (χ1n) is 12.0. The number of aryl methyl sites for hydroxylation is 2. The van der Waals surface area contributed by atoms with Crippen molar-refractivity contribution in [3.63, 3.8) is 0 Å². The van der Waals surface area contributed by atoms with E-state index < -0.39 is 5.91 Å². The number of nitrogens with one attached hydrogen (secondary N) is 3. The maximum atomic E-state index is 12.2. The van der Waals surface area contributed by atoms with Gasteiger partial charge in [-0.2, -0.15) is 5.10 Å². The van der Waals surface area contributed by atoms with Crippen LogP contribution in [-0.2, 0) is 25.9 Å². The number of rotatable bonds is 10. The number of likely N-dealkylation sites (tertiary alicyclic amines) is 1. The number of nitrogens with two attached hydrogens (primary N) is 1. The van der Waals surface area contributed by atoms with Crippen molar-refractivity contribution in [2.45, 2.75) is 52.6 Å². The molecule has 0 saturated carbocycles. The van der Waals surface area contributed by atoms with Crippen LogP contribution in [0.15, 0.2) is 36.4 Å². The van der Waals surface area contributed by atoms with Crippen LogP contribution in [0.5, 0.6) is 5.75 Å². The van der Waals surface area contributed by atoms with E-state index in [2.05, 4.69) is 37.9 Å². The molecule has 1 aliphatic rings. The smallest absolute Gasteiger partial charge is 0.256 e. The van der Waals surface area contributed by atoms with Gasteiger partial charge < -0.3 is 21.5 Å². The predicted octanol–water partition coefficient (Wildman–Crippen LogP) is 4.29. The van der Waals surface area contributed by atoms with Crippen LogP contribution in [-0.4, -0.2) is 39.2 Å². The standard InChI is InChI=1S/C26H34N6O2/c1-3-19-13-18(14-20(4-2)23(19)33)15-28-25-22(24(27)34)26(31-30-25)29-21-9-7-17(8-10-21)16-32-11-5-6-12-32/h7-10,13-14,33H,3-6,11-12,15-16H2,1-2H3,(H2,27,34)(H3,28,29,30,31). The summed E-state index contributed by atoms with van der Waals surface area (Å²) in [6, 6.07) is 12.1. The van der Waals surface area contributed by atoms with Crippen LogP contribution in [0.1, 0.15) is 59.3 Å². The van der Waals surface area contributed by atoms with Crippen molar-refractivity contribution in [1.29, 1.82) is 0 Å².